The number of nitrogens with one attached hydrogen (secondary N) is 1. The summed E-state index contributed by atoms with van der Waals surface area (Å²) in [5.41, 5.74) is 6.24. The first kappa shape index (κ1) is 10.2. The number of hydrogen-bond donors (Lipinski definition) is 3. The van der Waals surface area contributed by atoms with E-state index in [1.54, 1.807) is 6.20 Å². The Morgan fingerprint density at radius 3 is 2.93 bits per heavy atom. The topological polar surface area (TPSA) is 84.1 Å². The van der Waals surface area contributed by atoms with E-state index in [0.717, 1.165) is 25.7 Å². The minimum atomic E-state index is -0.298. The average molecular weight is 208 g/mol. The quantitative estimate of drug-likeness (QED) is 0.668. The molecule has 82 valence electrons. The van der Waals surface area contributed by atoms with Crippen LogP contribution in [0.25, 0.3) is 0 Å². The van der Waals surface area contributed by atoms with Crippen LogP contribution < -0.4 is 11.1 Å². The van der Waals surface area contributed by atoms with Crippen molar-refractivity contribution in [3.05, 3.63) is 12.5 Å². The molecule has 1 aliphatic rings. The largest absolute Gasteiger partial charge is 0.394 e. The lowest BCUT2D eigenvalue weighted by molar-refractivity contribution is 0.116. The summed E-state index contributed by atoms with van der Waals surface area (Å²) in [6, 6.07) is 0.0657. The van der Waals surface area contributed by atoms with Gasteiger partial charge in [0, 0.05) is 0 Å². The summed E-state index contributed by atoms with van der Waals surface area (Å²) < 4.78 is 0. The van der Waals surface area contributed by atoms with E-state index in [9.17, 15) is 5.11 Å². The first-order valence-electron chi connectivity index (χ1n) is 5.27. The maximum Gasteiger partial charge on any atom is 0.152 e. The highest BCUT2D eigenvalue weighted by atomic mass is 16.3. The molecule has 1 aliphatic carbocycles. The van der Waals surface area contributed by atoms with E-state index >= 15 is 0 Å². The van der Waals surface area contributed by atoms with Crippen LogP contribution in [0.1, 0.15) is 25.7 Å². The monoisotopic (exact) mass is 208 g/mol. The van der Waals surface area contributed by atoms with Crippen LogP contribution in [0.15, 0.2) is 12.5 Å². The molecule has 15 heavy (non-hydrogen) atoms. The Morgan fingerprint density at radius 2 is 2.20 bits per heavy atom. The molecule has 2 rings (SSSR count). The molecule has 2 unspecified atom stereocenters. The second kappa shape index (κ2) is 4.44. The highest BCUT2D eigenvalue weighted by molar-refractivity contribution is 5.59. The van der Waals surface area contributed by atoms with Crippen LogP contribution in [0.4, 0.5) is 11.5 Å². The first-order valence-corrected chi connectivity index (χ1v) is 5.27. The predicted molar refractivity (Wildman–Crippen MR) is 58.3 cm³/mol. The molecule has 0 aliphatic heterocycles. The van der Waals surface area contributed by atoms with Gasteiger partial charge in [-0.25, -0.2) is 9.97 Å². The zero-order valence-electron chi connectivity index (χ0n) is 8.56. The van der Waals surface area contributed by atoms with E-state index in [1.807, 2.05) is 0 Å². The molecule has 0 spiro atoms. The summed E-state index contributed by atoms with van der Waals surface area (Å²) in [5, 5.41) is 12.9. The van der Waals surface area contributed by atoms with Crippen molar-refractivity contribution >= 4 is 11.5 Å². The van der Waals surface area contributed by atoms with Gasteiger partial charge in [0.15, 0.2) is 5.82 Å². The molecule has 1 aromatic rings. The molecule has 1 saturated carbocycles. The molecule has 4 N–H and O–H groups in total. The van der Waals surface area contributed by atoms with Gasteiger partial charge in [-0.15, -0.1) is 0 Å². The predicted octanol–water partition coefficient (Wildman–Crippen LogP) is 0.774. The maximum absolute atomic E-state index is 9.77. The Balaban J connectivity index is 2.04. The van der Waals surface area contributed by atoms with Crippen molar-refractivity contribution < 1.29 is 5.11 Å². The Hall–Kier alpha value is -1.36. The fourth-order valence-electron chi connectivity index (χ4n) is 1.92. The van der Waals surface area contributed by atoms with Crippen molar-refractivity contribution in [2.75, 3.05) is 11.1 Å². The Bertz CT molecular complexity index is 331. The Labute approximate surface area is 88.7 Å². The van der Waals surface area contributed by atoms with Gasteiger partial charge in [-0.2, -0.15) is 0 Å². The molecule has 2 atom stereocenters. The van der Waals surface area contributed by atoms with E-state index < -0.39 is 0 Å². The lowest BCUT2D eigenvalue weighted by Gasteiger charge is -2.28. The van der Waals surface area contributed by atoms with Crippen LogP contribution in [-0.4, -0.2) is 27.2 Å². The van der Waals surface area contributed by atoms with Crippen molar-refractivity contribution in [1.29, 1.82) is 0 Å². The molecule has 1 heterocycles. The summed E-state index contributed by atoms with van der Waals surface area (Å²) in [6.45, 7) is 0. The minimum absolute atomic E-state index is 0.0657. The van der Waals surface area contributed by atoms with Crippen molar-refractivity contribution in [3.8, 4) is 0 Å². The lowest BCUT2D eigenvalue weighted by atomic mass is 9.92. The van der Waals surface area contributed by atoms with Gasteiger partial charge in [-0.3, -0.25) is 0 Å². The molecule has 5 nitrogen and oxygen atoms in total. The van der Waals surface area contributed by atoms with Gasteiger partial charge in [0.25, 0.3) is 0 Å². The van der Waals surface area contributed by atoms with Gasteiger partial charge in [0.05, 0.1) is 24.0 Å². The smallest absolute Gasteiger partial charge is 0.152 e. The van der Waals surface area contributed by atoms with E-state index in [2.05, 4.69) is 15.3 Å². The molecule has 0 saturated heterocycles. The number of rotatable bonds is 2. The molecule has 1 fully saturated rings. The summed E-state index contributed by atoms with van der Waals surface area (Å²) in [5.74, 6) is 0.621. The van der Waals surface area contributed by atoms with Gasteiger partial charge in [0.1, 0.15) is 6.33 Å². The third-order valence-electron chi connectivity index (χ3n) is 2.79. The molecule has 5 heteroatoms. The van der Waals surface area contributed by atoms with E-state index in [-0.39, 0.29) is 12.1 Å². The van der Waals surface area contributed by atoms with Crippen LogP contribution in [0.3, 0.4) is 0 Å². The third-order valence-corrected chi connectivity index (χ3v) is 2.79. The Morgan fingerprint density at radius 1 is 1.40 bits per heavy atom. The number of nitrogens with zero attached hydrogens (tertiary/aromatic N) is 2. The molecule has 0 radical (unpaired) electrons. The molecule has 0 aromatic carbocycles. The number of nitrogen functional groups attached to an aromatic ring is 1. The molecule has 0 bridgehead atoms. The SMILES string of the molecule is Nc1cncnc1NC1CCCCC1O. The lowest BCUT2D eigenvalue weighted by Crippen LogP contribution is -2.36. The molecular formula is C10H16N4O. The van der Waals surface area contributed by atoms with Gasteiger partial charge in [0.2, 0.25) is 0 Å². The summed E-state index contributed by atoms with van der Waals surface area (Å²) >= 11 is 0. The number of nitrogens with two attached hydrogens (primary N) is 1. The number of aliphatic hydroxyl groups excluding tert-OH is 1. The van der Waals surface area contributed by atoms with Crippen molar-refractivity contribution in [2.24, 2.45) is 0 Å². The number of aromatic nitrogens is 2. The van der Waals surface area contributed by atoms with E-state index in [0.29, 0.717) is 11.5 Å². The van der Waals surface area contributed by atoms with E-state index in [1.165, 1.54) is 6.33 Å². The summed E-state index contributed by atoms with van der Waals surface area (Å²) in [4.78, 5) is 7.87. The molecule has 0 amide bonds. The van der Waals surface area contributed by atoms with Crippen LogP contribution >= 0.6 is 0 Å². The molecule has 1 aromatic heterocycles. The zero-order valence-corrected chi connectivity index (χ0v) is 8.56. The highest BCUT2D eigenvalue weighted by Crippen LogP contribution is 2.23. The summed E-state index contributed by atoms with van der Waals surface area (Å²) in [7, 11) is 0. The standard InChI is InChI=1S/C10H16N4O/c11-7-5-12-6-13-10(7)14-8-3-1-2-4-9(8)15/h5-6,8-9,15H,1-4,11H2,(H,12,13,14). The van der Waals surface area contributed by atoms with Crippen LogP contribution in [0, 0.1) is 0 Å². The van der Waals surface area contributed by atoms with Crippen LogP contribution in [-0.2, 0) is 0 Å². The normalized spacial score (nSPS) is 26.2. The van der Waals surface area contributed by atoms with Gasteiger partial charge in [-0.05, 0) is 12.8 Å². The van der Waals surface area contributed by atoms with Crippen molar-refractivity contribution in [3.63, 3.8) is 0 Å². The number of hydrogen-bond acceptors (Lipinski definition) is 5. The zero-order chi connectivity index (χ0) is 10.7. The number of anilines is 2. The van der Waals surface area contributed by atoms with Crippen molar-refractivity contribution in [2.45, 2.75) is 37.8 Å². The van der Waals surface area contributed by atoms with Gasteiger partial charge < -0.3 is 16.2 Å². The van der Waals surface area contributed by atoms with Gasteiger partial charge >= 0.3 is 0 Å². The average Bonchev–Trinajstić information content (AvgIpc) is 2.24. The van der Waals surface area contributed by atoms with Crippen molar-refractivity contribution in [1.82, 2.24) is 9.97 Å². The van der Waals surface area contributed by atoms with Crippen LogP contribution in [0.5, 0.6) is 0 Å². The second-order valence-electron chi connectivity index (χ2n) is 3.93. The fraction of sp³-hybridized carbons (Fsp3) is 0.600. The third kappa shape index (κ3) is 2.36. The second-order valence-corrected chi connectivity index (χ2v) is 3.93. The van der Waals surface area contributed by atoms with Gasteiger partial charge in [-0.1, -0.05) is 12.8 Å². The maximum atomic E-state index is 9.77. The highest BCUT2D eigenvalue weighted by Gasteiger charge is 2.23. The van der Waals surface area contributed by atoms with Crippen LogP contribution in [0.2, 0.25) is 0 Å². The van der Waals surface area contributed by atoms with E-state index in [4.69, 9.17) is 5.73 Å². The Kier molecular flexibility index (Phi) is 3.01. The first-order chi connectivity index (χ1) is 7.27. The fourth-order valence-corrected chi connectivity index (χ4v) is 1.92. The molecular weight excluding hydrogens is 192 g/mol. The minimum Gasteiger partial charge on any atom is -0.394 e. The summed E-state index contributed by atoms with van der Waals surface area (Å²) in [6.07, 6.45) is 6.76. The number of aliphatic hydroxyl groups is 1.